The van der Waals surface area contributed by atoms with E-state index < -0.39 is 6.09 Å². The molecule has 0 bridgehead atoms. The number of hydrogen-bond donors (Lipinski definition) is 3. The molecule has 0 aromatic carbocycles. The van der Waals surface area contributed by atoms with Gasteiger partial charge in [0, 0.05) is 23.9 Å². The first-order valence-corrected chi connectivity index (χ1v) is 10.00. The highest BCUT2D eigenvalue weighted by Crippen LogP contribution is 2.38. The summed E-state index contributed by atoms with van der Waals surface area (Å²) in [6.07, 6.45) is 1.67. The summed E-state index contributed by atoms with van der Waals surface area (Å²) in [6, 6.07) is 3.41. The average molecular weight is 421 g/mol. The third-order valence-electron chi connectivity index (χ3n) is 4.08. The number of nitrogens with zero attached hydrogens (tertiary/aromatic N) is 3. The number of amides is 1. The van der Waals surface area contributed by atoms with Gasteiger partial charge in [0.15, 0.2) is 5.78 Å². The van der Waals surface area contributed by atoms with Crippen LogP contribution in [0.25, 0.3) is 5.76 Å². The summed E-state index contributed by atoms with van der Waals surface area (Å²) < 4.78 is 5.89. The normalized spacial score (nSPS) is 13.1. The van der Waals surface area contributed by atoms with E-state index in [9.17, 15) is 14.7 Å². The van der Waals surface area contributed by atoms with Crippen LogP contribution >= 0.6 is 24.2 Å². The Bertz CT molecular complexity index is 924. The predicted octanol–water partition coefficient (Wildman–Crippen LogP) is 3.88. The lowest BCUT2D eigenvalue weighted by atomic mass is 9.93. The molecule has 3 rings (SSSR count). The van der Waals surface area contributed by atoms with Crippen LogP contribution in [0, 0.1) is 0 Å². The SMILES string of the molecule is CCNc1ccc(C(=O)C2=C(O)c3sc(N(S)C(=O)OCC)nc3CC2)cn1. The van der Waals surface area contributed by atoms with Crippen molar-refractivity contribution in [2.75, 3.05) is 22.8 Å². The van der Waals surface area contributed by atoms with Crippen LogP contribution < -0.4 is 9.62 Å². The quantitative estimate of drug-likeness (QED) is 0.481. The van der Waals surface area contributed by atoms with E-state index in [0.717, 1.165) is 22.2 Å². The van der Waals surface area contributed by atoms with Crippen LogP contribution in [0.3, 0.4) is 0 Å². The van der Waals surface area contributed by atoms with Crippen LogP contribution in [0.2, 0.25) is 0 Å². The smallest absolute Gasteiger partial charge is 0.426 e. The van der Waals surface area contributed by atoms with E-state index >= 15 is 0 Å². The molecule has 0 radical (unpaired) electrons. The molecule has 0 unspecified atom stereocenters. The molecular weight excluding hydrogens is 400 g/mol. The fraction of sp³-hybridized carbons (Fsp3) is 0.333. The maximum Gasteiger partial charge on any atom is 0.426 e. The summed E-state index contributed by atoms with van der Waals surface area (Å²) in [5.74, 6) is 0.293. The summed E-state index contributed by atoms with van der Waals surface area (Å²) in [4.78, 5) is 33.7. The van der Waals surface area contributed by atoms with Crippen molar-refractivity contribution in [1.29, 1.82) is 0 Å². The van der Waals surface area contributed by atoms with Crippen molar-refractivity contribution in [2.24, 2.45) is 0 Å². The van der Waals surface area contributed by atoms with E-state index in [1.165, 1.54) is 6.20 Å². The number of aryl methyl sites for hydroxylation is 1. The number of Topliss-reactive ketones (excluding diaryl/α,β-unsaturated/α-hetero) is 1. The van der Waals surface area contributed by atoms with Crippen LogP contribution in [0.1, 0.15) is 41.2 Å². The third kappa shape index (κ3) is 3.97. The summed E-state index contributed by atoms with van der Waals surface area (Å²) in [6.45, 7) is 4.60. The molecule has 0 fully saturated rings. The molecule has 1 amide bonds. The lowest BCUT2D eigenvalue weighted by molar-refractivity contribution is 0.102. The van der Waals surface area contributed by atoms with Crippen LogP contribution in [-0.4, -0.2) is 40.1 Å². The molecule has 0 aliphatic heterocycles. The number of aromatic nitrogens is 2. The molecule has 0 saturated heterocycles. The number of carbonyl (C=O) groups is 2. The molecule has 8 nitrogen and oxygen atoms in total. The number of allylic oxidation sites excluding steroid dienone is 1. The Morgan fingerprint density at radius 2 is 2.14 bits per heavy atom. The number of thiol groups is 1. The molecule has 2 heterocycles. The molecule has 0 spiro atoms. The van der Waals surface area contributed by atoms with E-state index in [0.29, 0.717) is 40.4 Å². The van der Waals surface area contributed by atoms with Crippen LogP contribution in [0.4, 0.5) is 15.7 Å². The van der Waals surface area contributed by atoms with Crippen molar-refractivity contribution in [3.05, 3.63) is 40.0 Å². The highest BCUT2D eigenvalue weighted by atomic mass is 32.1. The number of ether oxygens (including phenoxy) is 1. The van der Waals surface area contributed by atoms with Crippen LogP contribution in [-0.2, 0) is 11.2 Å². The van der Waals surface area contributed by atoms with Crippen molar-refractivity contribution < 1.29 is 19.4 Å². The second kappa shape index (κ2) is 8.61. The molecule has 28 heavy (non-hydrogen) atoms. The highest BCUT2D eigenvalue weighted by molar-refractivity contribution is 7.83. The number of ketones is 1. The Kier molecular flexibility index (Phi) is 6.20. The first-order valence-electron chi connectivity index (χ1n) is 8.78. The first kappa shape index (κ1) is 20.2. The molecule has 148 valence electrons. The lowest BCUT2D eigenvalue weighted by Gasteiger charge is -2.14. The van der Waals surface area contributed by atoms with Crippen molar-refractivity contribution in [2.45, 2.75) is 26.7 Å². The molecule has 10 heteroatoms. The largest absolute Gasteiger partial charge is 0.506 e. The van der Waals surface area contributed by atoms with E-state index in [1.54, 1.807) is 19.1 Å². The Hall–Kier alpha value is -2.59. The molecule has 1 aliphatic carbocycles. The van der Waals surface area contributed by atoms with Crippen LogP contribution in [0.15, 0.2) is 23.9 Å². The molecule has 0 saturated carbocycles. The fourth-order valence-corrected chi connectivity index (χ4v) is 3.96. The average Bonchev–Trinajstić information content (AvgIpc) is 3.13. The third-order valence-corrected chi connectivity index (χ3v) is 5.66. The number of thiazole rings is 1. The number of hydrogen-bond acceptors (Lipinski definition) is 9. The van der Waals surface area contributed by atoms with Gasteiger partial charge in [0.2, 0.25) is 5.13 Å². The van der Waals surface area contributed by atoms with E-state index in [2.05, 4.69) is 28.1 Å². The molecule has 2 aromatic heterocycles. The zero-order valence-electron chi connectivity index (χ0n) is 15.4. The van der Waals surface area contributed by atoms with Crippen molar-refractivity contribution in [3.63, 3.8) is 0 Å². The Labute approximate surface area is 171 Å². The van der Waals surface area contributed by atoms with Gasteiger partial charge in [0.1, 0.15) is 11.6 Å². The maximum atomic E-state index is 12.8. The predicted molar refractivity (Wildman–Crippen MR) is 111 cm³/mol. The van der Waals surface area contributed by atoms with Gasteiger partial charge in [0.05, 0.1) is 17.2 Å². The van der Waals surface area contributed by atoms with Crippen molar-refractivity contribution in [1.82, 2.24) is 9.97 Å². The number of aliphatic hydroxyl groups excluding tert-OH is 1. The van der Waals surface area contributed by atoms with Crippen molar-refractivity contribution in [3.8, 4) is 0 Å². The molecule has 2 N–H and O–H groups in total. The zero-order valence-corrected chi connectivity index (χ0v) is 17.1. The second-order valence-electron chi connectivity index (χ2n) is 5.90. The lowest BCUT2D eigenvalue weighted by Crippen LogP contribution is -2.21. The molecule has 0 atom stereocenters. The van der Waals surface area contributed by atoms with Crippen LogP contribution in [0.5, 0.6) is 0 Å². The number of aliphatic hydroxyl groups is 1. The van der Waals surface area contributed by atoms with E-state index in [4.69, 9.17) is 4.74 Å². The minimum atomic E-state index is -0.649. The summed E-state index contributed by atoms with van der Waals surface area (Å²) in [5, 5.41) is 14.0. The van der Waals surface area contributed by atoms with Gasteiger partial charge in [-0.2, -0.15) is 4.31 Å². The number of anilines is 2. The van der Waals surface area contributed by atoms with Crippen molar-refractivity contribution >= 4 is 52.7 Å². The first-order chi connectivity index (χ1) is 13.5. The van der Waals surface area contributed by atoms with E-state index in [-0.39, 0.29) is 23.3 Å². The number of nitrogens with one attached hydrogen (secondary N) is 1. The summed E-state index contributed by atoms with van der Waals surface area (Å²) in [7, 11) is 0. The zero-order chi connectivity index (χ0) is 20.3. The Balaban J connectivity index is 1.86. The van der Waals surface area contributed by atoms with Gasteiger partial charge in [0.25, 0.3) is 0 Å². The minimum Gasteiger partial charge on any atom is -0.506 e. The maximum absolute atomic E-state index is 12.8. The summed E-state index contributed by atoms with van der Waals surface area (Å²) in [5.41, 5.74) is 1.33. The van der Waals surface area contributed by atoms with Gasteiger partial charge in [-0.25, -0.2) is 14.8 Å². The summed E-state index contributed by atoms with van der Waals surface area (Å²) >= 11 is 5.19. The minimum absolute atomic E-state index is 0.114. The van der Waals surface area contributed by atoms with E-state index in [1.807, 2.05) is 6.92 Å². The Morgan fingerprint density at radius 1 is 1.36 bits per heavy atom. The molecule has 2 aromatic rings. The van der Waals surface area contributed by atoms with Gasteiger partial charge in [-0.15, -0.1) is 0 Å². The topological polar surface area (TPSA) is 105 Å². The highest BCUT2D eigenvalue weighted by Gasteiger charge is 2.29. The van der Waals surface area contributed by atoms with Gasteiger partial charge in [-0.05, 0) is 38.8 Å². The fourth-order valence-electron chi connectivity index (χ4n) is 2.76. The number of carbonyl (C=O) groups excluding carboxylic acids is 2. The standard InChI is InChI=1S/C18H20N4O4S2/c1-3-19-13-8-5-10(9-20-13)14(23)11-6-7-12-16(15(11)24)28-17(21-12)22(27)18(25)26-4-2/h5,8-9,24,27H,3-4,6-7H2,1-2H3,(H,19,20). The van der Waals surface area contributed by atoms with Gasteiger partial charge in [-0.1, -0.05) is 24.2 Å². The number of pyridine rings is 1. The molecular formula is C18H20N4O4S2. The van der Waals surface area contributed by atoms with Gasteiger partial charge < -0.3 is 15.2 Å². The van der Waals surface area contributed by atoms with Gasteiger partial charge >= 0.3 is 6.09 Å². The second-order valence-corrected chi connectivity index (χ2v) is 7.28. The Morgan fingerprint density at radius 3 is 2.79 bits per heavy atom. The van der Waals surface area contributed by atoms with Gasteiger partial charge in [-0.3, -0.25) is 4.79 Å². The monoisotopic (exact) mass is 420 g/mol. The number of rotatable bonds is 6. The molecule has 1 aliphatic rings. The number of fused-ring (bicyclic) bond motifs is 1.